The van der Waals surface area contributed by atoms with Crippen LogP contribution in [0.25, 0.3) is 0 Å². The van der Waals surface area contributed by atoms with Gasteiger partial charge in [0.2, 0.25) is 5.95 Å². The average molecular weight is 292 g/mol. The molecule has 0 aliphatic heterocycles. The summed E-state index contributed by atoms with van der Waals surface area (Å²) in [5.41, 5.74) is 0.339. The largest absolute Gasteiger partial charge is 0.388 e. The highest BCUT2D eigenvalue weighted by Crippen LogP contribution is 2.27. The van der Waals surface area contributed by atoms with Crippen LogP contribution in [-0.4, -0.2) is 33.8 Å². The standard InChI is InChI=1S/C16H28N4O/c1-3-10-17-15-19-13(2)11-14(20-15)18-12-16(21)8-6-4-5-7-9-16/h11,21H,3-10,12H2,1-2H3,(H2,17,18,19,20). The quantitative estimate of drug-likeness (QED) is 0.703. The zero-order chi connectivity index (χ0) is 15.1. The van der Waals surface area contributed by atoms with Crippen LogP contribution in [0.2, 0.25) is 0 Å². The molecule has 0 spiro atoms. The van der Waals surface area contributed by atoms with E-state index in [0.29, 0.717) is 12.5 Å². The molecule has 5 nitrogen and oxygen atoms in total. The lowest BCUT2D eigenvalue weighted by Gasteiger charge is -2.27. The minimum Gasteiger partial charge on any atom is -0.388 e. The van der Waals surface area contributed by atoms with Crippen molar-refractivity contribution in [2.45, 2.75) is 64.4 Å². The molecule has 0 bridgehead atoms. The number of anilines is 2. The highest BCUT2D eigenvalue weighted by Gasteiger charge is 2.27. The van der Waals surface area contributed by atoms with Crippen LogP contribution in [-0.2, 0) is 0 Å². The van der Waals surface area contributed by atoms with Crippen molar-refractivity contribution < 1.29 is 5.11 Å². The van der Waals surface area contributed by atoms with Crippen LogP contribution in [0.4, 0.5) is 11.8 Å². The second-order valence-electron chi connectivity index (χ2n) is 6.14. The summed E-state index contributed by atoms with van der Waals surface area (Å²) in [5, 5.41) is 17.2. The van der Waals surface area contributed by atoms with Crippen LogP contribution >= 0.6 is 0 Å². The highest BCUT2D eigenvalue weighted by molar-refractivity contribution is 5.42. The van der Waals surface area contributed by atoms with Crippen LogP contribution < -0.4 is 10.6 Å². The molecule has 1 aliphatic carbocycles. The third-order valence-electron chi connectivity index (χ3n) is 4.02. The summed E-state index contributed by atoms with van der Waals surface area (Å²) in [6.07, 6.45) is 7.50. The minimum absolute atomic E-state index is 0.566. The first-order valence-electron chi connectivity index (χ1n) is 8.17. The van der Waals surface area contributed by atoms with E-state index >= 15 is 0 Å². The van der Waals surface area contributed by atoms with Crippen molar-refractivity contribution in [3.63, 3.8) is 0 Å². The maximum absolute atomic E-state index is 10.7. The van der Waals surface area contributed by atoms with E-state index in [1.807, 2.05) is 13.0 Å². The molecule has 2 rings (SSSR count). The van der Waals surface area contributed by atoms with Gasteiger partial charge < -0.3 is 15.7 Å². The van der Waals surface area contributed by atoms with Crippen LogP contribution in [0, 0.1) is 6.92 Å². The van der Waals surface area contributed by atoms with E-state index < -0.39 is 5.60 Å². The molecular formula is C16H28N4O. The normalized spacial score (nSPS) is 18.0. The van der Waals surface area contributed by atoms with Crippen LogP contribution in [0.1, 0.15) is 57.6 Å². The maximum atomic E-state index is 10.7. The van der Waals surface area contributed by atoms with E-state index in [0.717, 1.165) is 50.2 Å². The smallest absolute Gasteiger partial charge is 0.224 e. The van der Waals surface area contributed by atoms with E-state index in [4.69, 9.17) is 0 Å². The molecule has 1 aliphatic rings. The summed E-state index contributed by atoms with van der Waals surface area (Å²) in [7, 11) is 0. The van der Waals surface area contributed by atoms with Crippen LogP contribution in [0.15, 0.2) is 6.07 Å². The van der Waals surface area contributed by atoms with Crippen molar-refractivity contribution in [1.82, 2.24) is 9.97 Å². The highest BCUT2D eigenvalue weighted by atomic mass is 16.3. The molecule has 3 N–H and O–H groups in total. The molecule has 0 aromatic carbocycles. The van der Waals surface area contributed by atoms with E-state index in [1.54, 1.807) is 0 Å². The summed E-state index contributed by atoms with van der Waals surface area (Å²) >= 11 is 0. The first kappa shape index (κ1) is 16.0. The van der Waals surface area contributed by atoms with Crippen molar-refractivity contribution in [3.05, 3.63) is 11.8 Å². The van der Waals surface area contributed by atoms with Gasteiger partial charge in [-0.1, -0.05) is 32.6 Å². The minimum atomic E-state index is -0.591. The molecule has 21 heavy (non-hydrogen) atoms. The molecule has 5 heteroatoms. The number of nitrogens with zero attached hydrogens (tertiary/aromatic N) is 2. The Bertz CT molecular complexity index is 442. The van der Waals surface area contributed by atoms with Gasteiger partial charge in [0.1, 0.15) is 5.82 Å². The summed E-state index contributed by atoms with van der Waals surface area (Å²) in [4.78, 5) is 8.84. The zero-order valence-electron chi connectivity index (χ0n) is 13.3. The van der Waals surface area contributed by atoms with Gasteiger partial charge in [-0.2, -0.15) is 4.98 Å². The van der Waals surface area contributed by atoms with Gasteiger partial charge in [-0.15, -0.1) is 0 Å². The molecule has 1 fully saturated rings. The Balaban J connectivity index is 1.96. The number of hydrogen-bond acceptors (Lipinski definition) is 5. The number of hydrogen-bond donors (Lipinski definition) is 3. The molecule has 118 valence electrons. The van der Waals surface area contributed by atoms with Gasteiger partial charge in [-0.25, -0.2) is 4.98 Å². The van der Waals surface area contributed by atoms with Crippen molar-refractivity contribution in [3.8, 4) is 0 Å². The molecule has 0 atom stereocenters. The van der Waals surface area contributed by atoms with Crippen molar-refractivity contribution in [1.29, 1.82) is 0 Å². The first-order valence-corrected chi connectivity index (χ1v) is 8.17. The second kappa shape index (κ2) is 7.59. The molecule has 0 saturated heterocycles. The average Bonchev–Trinajstić information content (AvgIpc) is 2.68. The Morgan fingerprint density at radius 2 is 1.86 bits per heavy atom. The number of aromatic nitrogens is 2. The molecular weight excluding hydrogens is 264 g/mol. The molecule has 1 saturated carbocycles. The van der Waals surface area contributed by atoms with Gasteiger partial charge in [0.15, 0.2) is 0 Å². The van der Waals surface area contributed by atoms with Crippen molar-refractivity contribution in [2.75, 3.05) is 23.7 Å². The van der Waals surface area contributed by atoms with Gasteiger partial charge in [-0.3, -0.25) is 0 Å². The number of nitrogens with one attached hydrogen (secondary N) is 2. The van der Waals surface area contributed by atoms with E-state index in [9.17, 15) is 5.11 Å². The molecule has 1 aromatic rings. The number of aryl methyl sites for hydroxylation is 1. The fraction of sp³-hybridized carbons (Fsp3) is 0.750. The fourth-order valence-corrected chi connectivity index (χ4v) is 2.79. The third-order valence-corrected chi connectivity index (χ3v) is 4.02. The van der Waals surface area contributed by atoms with Crippen molar-refractivity contribution >= 4 is 11.8 Å². The first-order chi connectivity index (χ1) is 10.1. The fourth-order valence-electron chi connectivity index (χ4n) is 2.79. The Hall–Kier alpha value is -1.36. The van der Waals surface area contributed by atoms with Gasteiger partial charge in [0, 0.05) is 24.8 Å². The predicted octanol–water partition coefficient (Wildman–Crippen LogP) is 3.10. The van der Waals surface area contributed by atoms with Crippen LogP contribution in [0.3, 0.4) is 0 Å². The van der Waals surface area contributed by atoms with Gasteiger partial charge in [0.05, 0.1) is 5.60 Å². The van der Waals surface area contributed by atoms with E-state index in [-0.39, 0.29) is 0 Å². The van der Waals surface area contributed by atoms with E-state index in [1.165, 1.54) is 12.8 Å². The molecule has 0 amide bonds. The Morgan fingerprint density at radius 1 is 1.14 bits per heavy atom. The third kappa shape index (κ3) is 5.16. The number of rotatable bonds is 6. The van der Waals surface area contributed by atoms with Gasteiger partial charge in [-0.05, 0) is 26.2 Å². The lowest BCUT2D eigenvalue weighted by Crippen LogP contribution is -2.36. The second-order valence-corrected chi connectivity index (χ2v) is 6.14. The summed E-state index contributed by atoms with van der Waals surface area (Å²) in [6.45, 7) is 5.51. The van der Waals surface area contributed by atoms with Crippen molar-refractivity contribution in [2.24, 2.45) is 0 Å². The summed E-state index contributed by atoms with van der Waals surface area (Å²) in [5.74, 6) is 1.45. The molecule has 1 aromatic heterocycles. The Labute approximate surface area is 127 Å². The number of aliphatic hydroxyl groups is 1. The molecule has 1 heterocycles. The zero-order valence-corrected chi connectivity index (χ0v) is 13.3. The Morgan fingerprint density at radius 3 is 2.52 bits per heavy atom. The van der Waals surface area contributed by atoms with Gasteiger partial charge >= 0.3 is 0 Å². The Kier molecular flexibility index (Phi) is 5.79. The lowest BCUT2D eigenvalue weighted by molar-refractivity contribution is 0.0380. The predicted molar refractivity (Wildman–Crippen MR) is 86.7 cm³/mol. The maximum Gasteiger partial charge on any atom is 0.224 e. The molecule has 0 radical (unpaired) electrons. The molecule has 0 unspecified atom stereocenters. The summed E-state index contributed by atoms with van der Waals surface area (Å²) in [6, 6.07) is 1.93. The topological polar surface area (TPSA) is 70.1 Å². The summed E-state index contributed by atoms with van der Waals surface area (Å²) < 4.78 is 0. The van der Waals surface area contributed by atoms with Gasteiger partial charge in [0.25, 0.3) is 0 Å². The van der Waals surface area contributed by atoms with E-state index in [2.05, 4.69) is 27.5 Å². The lowest BCUT2D eigenvalue weighted by atomic mass is 9.94. The monoisotopic (exact) mass is 292 g/mol. The SMILES string of the molecule is CCCNc1nc(C)cc(NCC2(O)CCCCCC2)n1. The van der Waals surface area contributed by atoms with Crippen LogP contribution in [0.5, 0.6) is 0 Å².